The van der Waals surface area contributed by atoms with E-state index in [0.717, 1.165) is 0 Å². The third kappa shape index (κ3) is 7.18. The van der Waals surface area contributed by atoms with Gasteiger partial charge in [-0.05, 0) is 43.7 Å². The molecule has 3 heterocycles. The number of nitrogens with one attached hydrogen (secondary N) is 2. The molecule has 13 heteroatoms. The molecule has 2 N–H and O–H groups in total. The van der Waals surface area contributed by atoms with Gasteiger partial charge in [0.15, 0.2) is 6.61 Å². The second-order valence-electron chi connectivity index (χ2n) is 7.77. The summed E-state index contributed by atoms with van der Waals surface area (Å²) in [5, 5.41) is 2.70. The summed E-state index contributed by atoms with van der Waals surface area (Å²) >= 11 is 0.611. The van der Waals surface area contributed by atoms with E-state index in [1.54, 1.807) is 49.0 Å². The van der Waals surface area contributed by atoms with Crippen LogP contribution in [0.25, 0.3) is 5.73 Å². The molecule has 2 aliphatic rings. The van der Waals surface area contributed by atoms with E-state index in [4.69, 9.17) is 14.0 Å². The molecule has 0 saturated heterocycles. The third-order valence-corrected chi connectivity index (χ3v) is 5.44. The van der Waals surface area contributed by atoms with E-state index in [1.165, 1.54) is 6.20 Å². The number of alkyl halides is 3. The Bertz CT molecular complexity index is 986. The molecule has 0 aliphatic carbocycles. The fourth-order valence-corrected chi connectivity index (χ4v) is 3.80. The monoisotopic (exact) mass is 675 g/mol. The van der Waals surface area contributed by atoms with Crippen LogP contribution in [-0.2, 0) is 31.7 Å². The van der Waals surface area contributed by atoms with Crippen molar-refractivity contribution in [1.82, 2.24) is 20.1 Å². The maximum absolute atomic E-state index is 13.1. The zero-order chi connectivity index (χ0) is 25.6. The molecule has 3 rings (SSSR count). The van der Waals surface area contributed by atoms with Crippen LogP contribution in [0.4, 0.5) is 13.2 Å². The summed E-state index contributed by atoms with van der Waals surface area (Å²) in [6.07, 6.45) is 0.288. The van der Waals surface area contributed by atoms with Crippen LogP contribution in [0.1, 0.15) is 24.1 Å². The Labute approximate surface area is 212 Å². The minimum atomic E-state index is -4.46. The molecule has 196 valence electrons. The van der Waals surface area contributed by atoms with E-state index in [9.17, 15) is 22.8 Å². The van der Waals surface area contributed by atoms with Gasteiger partial charge in [-0.2, -0.15) is 13.2 Å². The van der Waals surface area contributed by atoms with Crippen molar-refractivity contribution in [3.63, 3.8) is 0 Å². The Morgan fingerprint density at radius 2 is 2.06 bits per heavy atom. The van der Waals surface area contributed by atoms with Gasteiger partial charge in [-0.15, -0.1) is 6.54 Å². The molecule has 9 nitrogen and oxygen atoms in total. The zero-order valence-electron chi connectivity index (χ0n) is 19.8. The summed E-state index contributed by atoms with van der Waals surface area (Å²) in [7, 11) is 1.74. The number of amides is 2. The molecule has 0 spiro atoms. The number of carbonyl (C=O) groups is 2. The molecule has 0 aromatic carbocycles. The number of hydrogen-bond acceptors (Lipinski definition) is 6. The first kappa shape index (κ1) is 30.4. The number of pyridine rings is 1. The SMILES string of the molecule is Cc1cc(C(C)N2CC3=C(C=CN(C)C3C(=O)NCC[NH-])C2=O)cnc1OCC(F)(F)F.[CH3-].[O]=[Os]. The molecule has 0 bridgehead atoms. The normalized spacial score (nSPS) is 17.8. The second kappa shape index (κ2) is 12.9. The number of carbonyl (C=O) groups excluding carboxylic acids is 2. The Kier molecular flexibility index (Phi) is 11.2. The van der Waals surface area contributed by atoms with Crippen molar-refractivity contribution >= 4 is 11.8 Å². The topological polar surface area (TPSA) is 116 Å². The summed E-state index contributed by atoms with van der Waals surface area (Å²) < 4.78 is 50.3. The Hall–Kier alpha value is -2.64. The number of rotatable bonds is 7. The van der Waals surface area contributed by atoms with Gasteiger partial charge in [-0.3, -0.25) is 9.59 Å². The summed E-state index contributed by atoms with van der Waals surface area (Å²) in [5.41, 5.74) is 9.42. The number of hydrogen-bond donors (Lipinski definition) is 1. The number of aromatic nitrogens is 1. The van der Waals surface area contributed by atoms with Gasteiger partial charge in [0, 0.05) is 37.1 Å². The molecule has 0 radical (unpaired) electrons. The third-order valence-electron chi connectivity index (χ3n) is 5.44. The van der Waals surface area contributed by atoms with E-state index in [0.29, 0.717) is 40.8 Å². The molecule has 0 saturated carbocycles. The quantitative estimate of drug-likeness (QED) is 0.446. The molecule has 0 fully saturated rings. The van der Waals surface area contributed by atoms with Gasteiger partial charge in [0.1, 0.15) is 6.04 Å². The Morgan fingerprint density at radius 1 is 1.40 bits per heavy atom. The fourth-order valence-electron chi connectivity index (χ4n) is 3.80. The van der Waals surface area contributed by atoms with Crippen molar-refractivity contribution in [2.75, 3.05) is 33.3 Å². The van der Waals surface area contributed by atoms with E-state index in [1.807, 2.05) is 0 Å². The van der Waals surface area contributed by atoms with Gasteiger partial charge < -0.3 is 33.0 Å². The van der Waals surface area contributed by atoms with Crippen LogP contribution in [-0.4, -0.2) is 72.1 Å². The van der Waals surface area contributed by atoms with Crippen molar-refractivity contribution in [2.45, 2.75) is 32.1 Å². The first-order valence-corrected chi connectivity index (χ1v) is 11.2. The van der Waals surface area contributed by atoms with Crippen molar-refractivity contribution < 1.29 is 49.6 Å². The fraction of sp³-hybridized carbons (Fsp3) is 0.455. The van der Waals surface area contributed by atoms with Crippen LogP contribution < -0.4 is 10.1 Å². The van der Waals surface area contributed by atoms with Gasteiger partial charge in [-0.25, -0.2) is 4.98 Å². The number of likely N-dealkylation sites (N-methyl/N-ethyl adjacent to an activating group) is 1. The van der Waals surface area contributed by atoms with E-state index >= 15 is 0 Å². The average Bonchev–Trinajstić information content (AvgIpc) is 3.12. The van der Waals surface area contributed by atoms with Gasteiger partial charge in [-0.1, -0.05) is 0 Å². The van der Waals surface area contributed by atoms with Crippen molar-refractivity contribution in [3.8, 4) is 5.88 Å². The van der Waals surface area contributed by atoms with Crippen LogP contribution in [0.5, 0.6) is 5.88 Å². The predicted molar refractivity (Wildman–Crippen MR) is 118 cm³/mol. The van der Waals surface area contributed by atoms with Crippen LogP contribution in [0.2, 0.25) is 0 Å². The number of aryl methyl sites for hydroxylation is 1. The number of nitrogens with zero attached hydrogens (tertiary/aromatic N) is 3. The Balaban J connectivity index is 0.00000199. The first-order chi connectivity index (χ1) is 16.0. The van der Waals surface area contributed by atoms with Gasteiger partial charge in [0.05, 0.1) is 6.04 Å². The molecule has 1 aromatic heterocycles. The molecule has 2 atom stereocenters. The molecule has 2 amide bonds. The molecule has 2 aliphatic heterocycles. The minimum absolute atomic E-state index is 0. The van der Waals surface area contributed by atoms with Crippen molar-refractivity contribution in [1.29, 1.82) is 0 Å². The molecular weight excluding hydrogens is 645 g/mol. The van der Waals surface area contributed by atoms with E-state index in [2.05, 4.69) is 10.3 Å². The van der Waals surface area contributed by atoms with Gasteiger partial charge in [0.25, 0.3) is 5.91 Å². The Morgan fingerprint density at radius 3 is 2.63 bits per heavy atom. The molecule has 2 unspecified atom stereocenters. The summed E-state index contributed by atoms with van der Waals surface area (Å²) in [6.45, 7) is 2.47. The van der Waals surface area contributed by atoms with Crippen LogP contribution in [0.15, 0.2) is 35.7 Å². The average molecular weight is 674 g/mol. The van der Waals surface area contributed by atoms with Crippen LogP contribution in [0.3, 0.4) is 0 Å². The van der Waals surface area contributed by atoms with Crippen molar-refractivity contribution in [2.24, 2.45) is 0 Å². The van der Waals surface area contributed by atoms with Gasteiger partial charge >= 0.3 is 28.3 Å². The summed E-state index contributed by atoms with van der Waals surface area (Å²) in [6, 6.07) is 0.571. The second-order valence-corrected chi connectivity index (χ2v) is 7.77. The molecular formula is C22H28F3N5O4Os-2. The first-order valence-electron chi connectivity index (χ1n) is 10.2. The van der Waals surface area contributed by atoms with E-state index in [-0.39, 0.29) is 44.8 Å². The number of halogens is 3. The van der Waals surface area contributed by atoms with Crippen LogP contribution >= 0.6 is 0 Å². The molecule has 1 aromatic rings. The van der Waals surface area contributed by atoms with Gasteiger partial charge in [0.2, 0.25) is 11.8 Å². The summed E-state index contributed by atoms with van der Waals surface area (Å²) in [5.74, 6) is -0.619. The maximum atomic E-state index is 13.1. The molecule has 35 heavy (non-hydrogen) atoms. The standard InChI is InChI=1S/C21H25F3N5O3.CH3.O.Os/c1-12-8-14(9-27-19(12)32-11-21(22,23)24)13(2)29-10-16-15(20(29)31)4-7-28(3)17(16)18(30)26-6-5-25;;;/h4,7-9,13,17,25H,5-6,10-11H2,1-3H3,(H,26,30);1H3;;/q2*-1;;. The predicted octanol–water partition coefficient (Wildman–Crippen LogP) is 2.86. The number of ether oxygens (including phenoxy) is 1. The van der Waals surface area contributed by atoms with E-state index < -0.39 is 24.9 Å². The van der Waals surface area contributed by atoms with Crippen LogP contribution in [0, 0.1) is 14.4 Å². The zero-order valence-corrected chi connectivity index (χ0v) is 22.3. The summed E-state index contributed by atoms with van der Waals surface area (Å²) in [4.78, 5) is 33.0. The van der Waals surface area contributed by atoms with Crippen molar-refractivity contribution in [3.05, 3.63) is 60.0 Å².